The van der Waals surface area contributed by atoms with Gasteiger partial charge in [0.1, 0.15) is 90.6 Å². The number of amides is 18. The Balaban J connectivity index is 1.65. The van der Waals surface area contributed by atoms with Gasteiger partial charge in [0.2, 0.25) is 106 Å². The fourth-order valence-electron chi connectivity index (χ4n) is 14.1. The van der Waals surface area contributed by atoms with Crippen LogP contribution >= 0.6 is 0 Å². The summed E-state index contributed by atoms with van der Waals surface area (Å²) >= 11 is 0. The number of hydrogen-bond acceptors (Lipinski definition) is 25. The van der Waals surface area contributed by atoms with Gasteiger partial charge in [0.15, 0.2) is 0 Å². The van der Waals surface area contributed by atoms with E-state index in [0.717, 1.165) is 18.7 Å². The molecule has 29 N–H and O–H groups in total. The number of para-hydroxylation sites is 1. The molecule has 18 amide bonds. The zero-order valence-electron chi connectivity index (χ0n) is 74.3. The molecule has 1 fully saturated rings. The van der Waals surface area contributed by atoms with Crippen LogP contribution in [0.4, 0.5) is 0 Å². The highest BCUT2D eigenvalue weighted by molar-refractivity contribution is 6.02. The maximum atomic E-state index is 15.2. The van der Waals surface area contributed by atoms with Crippen LogP contribution in [-0.4, -0.2) is 288 Å². The second-order valence-corrected chi connectivity index (χ2v) is 33.2. The lowest BCUT2D eigenvalue weighted by Gasteiger charge is -2.31. The molecule has 0 unspecified atom stereocenters. The quantitative estimate of drug-likeness (QED) is 0.0234. The van der Waals surface area contributed by atoms with Crippen molar-refractivity contribution in [3.63, 3.8) is 0 Å². The van der Waals surface area contributed by atoms with Crippen LogP contribution in [0.3, 0.4) is 0 Å². The summed E-state index contributed by atoms with van der Waals surface area (Å²) in [6.07, 6.45) is -6.43. The smallest absolute Gasteiger partial charge is 0.305 e. The second kappa shape index (κ2) is 54.9. The maximum absolute atomic E-state index is 15.2. The average molecular weight is 1850 g/mol. The molecule has 724 valence electrons. The van der Waals surface area contributed by atoms with E-state index in [1.807, 2.05) is 0 Å². The molecule has 0 bridgehead atoms. The fourth-order valence-corrected chi connectivity index (χ4v) is 14.1. The number of carboxylic acid groups (broad SMARTS) is 3. The second-order valence-electron chi connectivity index (χ2n) is 33.2. The fraction of sp³-hybridized carbons (Fsp3) is 0.583. The molecular formula is C84H126N20O27. The number of primary amides is 3. The number of unbranched alkanes of at least 4 members (excludes halogenated alkanes) is 1. The van der Waals surface area contributed by atoms with E-state index in [1.54, 1.807) is 78.1 Å². The number of aromatic amines is 1. The van der Waals surface area contributed by atoms with Crippen LogP contribution in [-0.2, 0) is 114 Å². The van der Waals surface area contributed by atoms with Gasteiger partial charge in [0, 0.05) is 62.7 Å². The first-order valence-electron chi connectivity index (χ1n) is 42.9. The number of fused-ring (bicyclic) bond motifs is 1. The van der Waals surface area contributed by atoms with Crippen LogP contribution in [0.5, 0.6) is 0 Å². The molecule has 0 spiro atoms. The molecule has 2 aromatic carbocycles. The van der Waals surface area contributed by atoms with E-state index < -0.39 is 298 Å². The molecule has 0 saturated carbocycles. The SMILES string of the molecule is CC(=O)N[C@H](CC(N)=O)C(=O)N[C@H](CCC(=O)O)C(=O)N1CCC[C@@H]1C(=O)N[C@H](CC(C)C)C(=O)N[C@H](CC(C)C)C(=O)N[C@H](CCCCN)C(=O)N[C@H](Cc1c[nH]c2ccccc12)C(=O)N[C@H](CC(C)C)C(=O)N[C@H](CC(=O)O)C(=O)N[C@H](CO)C(=O)N[C@H](Cc1ccccc1)C(=O)N[C@@H](C(=O)N[C@H](CCC(=O)O)C(=O)N[C@H](CCC(N)=O)C(=O)N[C@H](CO)C(N)=O)[C@H](C)O. The molecule has 0 aliphatic carbocycles. The van der Waals surface area contributed by atoms with Crippen molar-refractivity contribution >= 4 is 135 Å². The first kappa shape index (κ1) is 110. The molecule has 3 aromatic rings. The number of aliphatic carboxylic acids is 3. The van der Waals surface area contributed by atoms with Crippen LogP contribution in [0.25, 0.3) is 10.9 Å². The molecule has 131 heavy (non-hydrogen) atoms. The number of hydrogen-bond donors (Lipinski definition) is 25. The summed E-state index contributed by atoms with van der Waals surface area (Å²) in [5, 5.41) is 94.9. The Morgan fingerprint density at radius 3 is 1.31 bits per heavy atom. The first-order chi connectivity index (χ1) is 61.7. The number of carbonyl (C=O) groups is 21. The highest BCUT2D eigenvalue weighted by Crippen LogP contribution is 2.24. The third kappa shape index (κ3) is 38.1. The Morgan fingerprint density at radius 2 is 0.824 bits per heavy atom. The van der Waals surface area contributed by atoms with Crippen LogP contribution in [0.15, 0.2) is 60.8 Å². The van der Waals surface area contributed by atoms with Crippen LogP contribution in [0.2, 0.25) is 0 Å². The summed E-state index contributed by atoms with van der Waals surface area (Å²) in [5.41, 5.74) is 23.1. The molecule has 1 saturated heterocycles. The number of carboxylic acids is 3. The van der Waals surface area contributed by atoms with E-state index in [2.05, 4.69) is 79.4 Å². The average Bonchev–Trinajstić information content (AvgIpc) is 1.19. The van der Waals surface area contributed by atoms with Gasteiger partial charge in [-0.05, 0) is 119 Å². The molecule has 47 heteroatoms. The number of benzene rings is 2. The van der Waals surface area contributed by atoms with Gasteiger partial charge in [-0.15, -0.1) is 0 Å². The van der Waals surface area contributed by atoms with Crippen molar-refractivity contribution in [1.29, 1.82) is 0 Å². The van der Waals surface area contributed by atoms with Gasteiger partial charge in [-0.3, -0.25) is 101 Å². The molecule has 1 aliphatic heterocycles. The summed E-state index contributed by atoms with van der Waals surface area (Å²) in [7, 11) is 0. The van der Waals surface area contributed by atoms with Gasteiger partial charge in [-0.25, -0.2) is 0 Å². The maximum Gasteiger partial charge on any atom is 0.305 e. The number of rotatable bonds is 59. The van der Waals surface area contributed by atoms with Crippen molar-refractivity contribution in [1.82, 2.24) is 84.3 Å². The van der Waals surface area contributed by atoms with E-state index in [-0.39, 0.29) is 76.3 Å². The normalized spacial score (nSPS) is 15.8. The van der Waals surface area contributed by atoms with E-state index in [0.29, 0.717) is 28.5 Å². The molecule has 1 aromatic heterocycles. The van der Waals surface area contributed by atoms with Gasteiger partial charge < -0.3 is 138 Å². The van der Waals surface area contributed by atoms with Gasteiger partial charge >= 0.3 is 17.9 Å². The topological polar surface area (TPSA) is 771 Å². The summed E-state index contributed by atoms with van der Waals surface area (Å²) in [6.45, 7) is 10.1. The third-order valence-electron chi connectivity index (χ3n) is 20.8. The van der Waals surface area contributed by atoms with E-state index in [9.17, 15) is 122 Å². The Kier molecular flexibility index (Phi) is 46.1. The summed E-state index contributed by atoms with van der Waals surface area (Å²) in [5.74, 6) is -25.2. The lowest BCUT2D eigenvalue weighted by molar-refractivity contribution is -0.144. The molecule has 47 nitrogen and oxygen atoms in total. The number of nitrogens with zero attached hydrogens (tertiary/aromatic N) is 1. The van der Waals surface area contributed by atoms with Crippen molar-refractivity contribution in [3.05, 3.63) is 71.9 Å². The highest BCUT2D eigenvalue weighted by atomic mass is 16.4. The number of likely N-dealkylation sites (tertiary alicyclic amines) is 1. The largest absolute Gasteiger partial charge is 0.481 e. The monoisotopic (exact) mass is 1850 g/mol. The molecule has 0 radical (unpaired) electrons. The Morgan fingerprint density at radius 1 is 0.420 bits per heavy atom. The van der Waals surface area contributed by atoms with Crippen molar-refractivity contribution < 1.29 is 131 Å². The van der Waals surface area contributed by atoms with Crippen molar-refractivity contribution in [2.24, 2.45) is 40.7 Å². The van der Waals surface area contributed by atoms with E-state index >= 15 is 9.59 Å². The molecule has 4 rings (SSSR count). The number of H-pyrrole nitrogens is 1. The molecular weight excluding hydrogens is 1720 g/mol. The Labute approximate surface area is 754 Å². The minimum Gasteiger partial charge on any atom is -0.481 e. The lowest BCUT2D eigenvalue weighted by atomic mass is 9.98. The summed E-state index contributed by atoms with van der Waals surface area (Å²) < 4.78 is 0. The van der Waals surface area contributed by atoms with Crippen LogP contribution in [0, 0.1) is 17.8 Å². The summed E-state index contributed by atoms with van der Waals surface area (Å²) in [6, 6.07) is -11.0. The van der Waals surface area contributed by atoms with Crippen LogP contribution in [0.1, 0.15) is 169 Å². The number of carbonyl (C=O) groups excluding carboxylic acids is 18. The number of aromatic nitrogens is 1. The first-order valence-corrected chi connectivity index (χ1v) is 42.9. The predicted molar refractivity (Wildman–Crippen MR) is 464 cm³/mol. The Bertz CT molecular complexity index is 4490. The molecule has 16 atom stereocenters. The van der Waals surface area contributed by atoms with Gasteiger partial charge in [0.25, 0.3) is 0 Å². The minimum atomic E-state index is -2.14. The van der Waals surface area contributed by atoms with Gasteiger partial charge in [-0.1, -0.05) is 90.1 Å². The number of nitrogens with one attached hydrogen (secondary N) is 15. The zero-order valence-corrected chi connectivity index (χ0v) is 74.3. The van der Waals surface area contributed by atoms with Crippen LogP contribution < -0.4 is 97.4 Å². The van der Waals surface area contributed by atoms with Crippen molar-refractivity contribution in [2.75, 3.05) is 26.3 Å². The highest BCUT2D eigenvalue weighted by Gasteiger charge is 2.43. The standard InChI is InChI=1S/C84H126N20O27/c1-41(2)31-54(95-76(123)56(33-43(5)6)100-82(129)63-22-16-30-104(63)84(131)53(25-28-67(113)114)94-78(125)59(36-65(87)110)90-45(8)108)74(121)91-50(21-14-15-29-85)71(118)98-58(35-47-38-89-49-20-13-12-19-48(47)49)77(124)96-55(32-42(3)4)75(122)99-60(37-68(115)116)79(126)102-62(40-106)81(128)97-57(34-46-17-10-9-11-18-46)80(127)103-69(44(7)107)83(130)93-52(24-27-66(111)112)72(119)92-51(23-26-64(86)109)73(120)101-61(39-105)70(88)117/h9-13,17-20,38,41-44,50-63,69,89,105-107H,14-16,21-37,39-40,85H2,1-8H3,(H2,86,109)(H2,87,110)(H2,88,117)(H,90,108)(H,91,121)(H,92,119)(H,93,130)(H,94,125)(H,95,123)(H,96,124)(H,97,128)(H,98,118)(H,99,122)(H,100,129)(H,101,120)(H,102,126)(H,103,127)(H,111,112)(H,113,114)(H,115,116)/t44-,50+,51+,52+,53+,54+,55+,56+,57+,58+,59+,60+,61+,62+,63+,69+/m0/s1. The number of aliphatic hydroxyl groups is 3. The predicted octanol–water partition coefficient (Wildman–Crippen LogP) is -6.79. The lowest BCUT2D eigenvalue weighted by Crippen LogP contribution is -2.62. The third-order valence-corrected chi connectivity index (χ3v) is 20.8. The summed E-state index contributed by atoms with van der Waals surface area (Å²) in [4.78, 5) is 289. The number of aliphatic hydroxyl groups excluding tert-OH is 3. The van der Waals surface area contributed by atoms with E-state index in [4.69, 9.17) is 22.9 Å². The van der Waals surface area contributed by atoms with Crippen molar-refractivity contribution in [2.45, 2.75) is 268 Å². The minimum absolute atomic E-state index is 0.0349. The van der Waals surface area contributed by atoms with Crippen molar-refractivity contribution in [3.8, 4) is 0 Å². The molecule has 1 aliphatic rings. The van der Waals surface area contributed by atoms with Gasteiger partial charge in [0.05, 0.1) is 32.2 Å². The van der Waals surface area contributed by atoms with Gasteiger partial charge in [-0.2, -0.15) is 0 Å². The Hall–Kier alpha value is -13.3. The molecule has 2 heterocycles. The number of nitrogens with two attached hydrogens (primary N) is 4. The zero-order chi connectivity index (χ0) is 98.2. The van der Waals surface area contributed by atoms with E-state index in [1.165, 1.54) is 24.3 Å².